The van der Waals surface area contributed by atoms with Crippen LogP contribution in [0.2, 0.25) is 0 Å². The molecule has 0 aromatic heterocycles. The predicted molar refractivity (Wildman–Crippen MR) is 154 cm³/mol. The van der Waals surface area contributed by atoms with Crippen molar-refractivity contribution in [1.82, 2.24) is 19.6 Å². The van der Waals surface area contributed by atoms with Crippen LogP contribution in [0.4, 0.5) is 9.59 Å². The average molecular weight is 553 g/mol. The molecule has 2 unspecified atom stereocenters. The molecule has 0 aromatic carbocycles. The number of urea groups is 2. The second-order valence-electron chi connectivity index (χ2n) is 11.7. The van der Waals surface area contributed by atoms with Gasteiger partial charge in [0.05, 0.1) is 13.1 Å². The first-order valence-electron chi connectivity index (χ1n) is 13.4. The van der Waals surface area contributed by atoms with E-state index in [9.17, 15) is 19.2 Å². The van der Waals surface area contributed by atoms with Gasteiger partial charge in [0.25, 0.3) is 0 Å². The predicted octanol–water partition coefficient (Wildman–Crippen LogP) is 5.07. The minimum absolute atomic E-state index is 0.0893. The summed E-state index contributed by atoms with van der Waals surface area (Å²) in [6, 6.07) is -0.197. The van der Waals surface area contributed by atoms with Crippen LogP contribution >= 0.6 is 24.4 Å². The van der Waals surface area contributed by atoms with Gasteiger partial charge in [0, 0.05) is 48.8 Å². The van der Waals surface area contributed by atoms with Crippen LogP contribution in [0.15, 0.2) is 0 Å². The molecule has 0 N–H and O–H groups in total. The third-order valence-electron chi connectivity index (χ3n) is 7.61. The molecule has 2 fully saturated rings. The van der Waals surface area contributed by atoms with Crippen LogP contribution in [0.3, 0.4) is 0 Å². The van der Waals surface area contributed by atoms with Crippen LogP contribution in [0.25, 0.3) is 0 Å². The van der Waals surface area contributed by atoms with Crippen molar-refractivity contribution in [3.8, 4) is 0 Å². The number of carbonyl (C=O) groups is 4. The third-order valence-corrected chi connectivity index (χ3v) is 8.23. The van der Waals surface area contributed by atoms with Crippen LogP contribution in [-0.2, 0) is 9.59 Å². The highest BCUT2D eigenvalue weighted by atomic mass is 32.1. The minimum Gasteiger partial charge on any atom is -0.318 e. The SMILES string of the molecule is CCN1CC(=S)N(C(C)(C)CC(C)C(=O)CCCC(=O)C(C)CC(C)(C)N2C(=O)N(CC)CC2=S)C1=O. The highest BCUT2D eigenvalue weighted by Crippen LogP contribution is 2.31. The van der Waals surface area contributed by atoms with Crippen molar-refractivity contribution >= 4 is 58.0 Å². The maximum absolute atomic E-state index is 12.9. The van der Waals surface area contributed by atoms with Crippen molar-refractivity contribution in [2.75, 3.05) is 26.2 Å². The van der Waals surface area contributed by atoms with Crippen LogP contribution < -0.4 is 0 Å². The highest BCUT2D eigenvalue weighted by Gasteiger charge is 2.44. The second kappa shape index (κ2) is 12.3. The number of rotatable bonds is 14. The third kappa shape index (κ3) is 7.13. The molecule has 8 nitrogen and oxygen atoms in total. The van der Waals surface area contributed by atoms with Gasteiger partial charge >= 0.3 is 12.1 Å². The summed E-state index contributed by atoms with van der Waals surface area (Å²) in [7, 11) is 0. The Kier molecular flexibility index (Phi) is 10.4. The van der Waals surface area contributed by atoms with E-state index in [-0.39, 0.29) is 35.5 Å². The fourth-order valence-corrected chi connectivity index (χ4v) is 6.59. The molecule has 0 aliphatic carbocycles. The zero-order valence-electron chi connectivity index (χ0n) is 23.8. The zero-order chi connectivity index (χ0) is 28.3. The van der Waals surface area contributed by atoms with E-state index >= 15 is 0 Å². The number of amides is 4. The van der Waals surface area contributed by atoms with Crippen LogP contribution in [0.1, 0.15) is 87.5 Å². The standard InChI is InChI=1S/C27H44N4O4S2/c1-9-28-16-22(36)30(24(28)34)26(5,6)14-18(3)20(32)12-11-13-21(33)19(4)15-27(7,8)31-23(37)17-29(10-2)25(31)35/h18-19H,9-17H2,1-8H3. The van der Waals surface area contributed by atoms with E-state index in [1.807, 2.05) is 55.4 Å². The van der Waals surface area contributed by atoms with E-state index in [4.69, 9.17) is 24.4 Å². The maximum atomic E-state index is 12.9. The fourth-order valence-electron chi connectivity index (χ4n) is 5.63. The lowest BCUT2D eigenvalue weighted by Gasteiger charge is -2.36. The van der Waals surface area contributed by atoms with E-state index < -0.39 is 11.1 Å². The Morgan fingerprint density at radius 2 is 1.08 bits per heavy atom. The molecule has 0 radical (unpaired) electrons. The molecule has 2 aliphatic rings. The number of thiocarbonyl (C=S) groups is 2. The number of Topliss-reactive ketones (excluding diaryl/α,β-unsaturated/α-hetero) is 2. The summed E-state index contributed by atoms with van der Waals surface area (Å²) in [5.74, 6) is -0.328. The summed E-state index contributed by atoms with van der Waals surface area (Å²) in [5, 5.41) is 0. The Labute approximate surface area is 233 Å². The molecule has 0 spiro atoms. The Balaban J connectivity index is 1.85. The zero-order valence-corrected chi connectivity index (χ0v) is 25.4. The van der Waals surface area contributed by atoms with Gasteiger partial charge in [0.1, 0.15) is 21.5 Å². The summed E-state index contributed by atoms with van der Waals surface area (Å²) in [4.78, 5) is 59.1. The lowest BCUT2D eigenvalue weighted by molar-refractivity contribution is -0.124. The van der Waals surface area contributed by atoms with E-state index in [0.717, 1.165) is 0 Å². The molecule has 37 heavy (non-hydrogen) atoms. The lowest BCUT2D eigenvalue weighted by atomic mass is 9.85. The highest BCUT2D eigenvalue weighted by molar-refractivity contribution is 7.80. The molecule has 0 saturated carbocycles. The number of ketones is 2. The van der Waals surface area contributed by atoms with Gasteiger partial charge in [-0.3, -0.25) is 19.4 Å². The Bertz CT molecular complexity index is 875. The quantitative estimate of drug-likeness (QED) is 0.280. The summed E-state index contributed by atoms with van der Waals surface area (Å²) in [6.07, 6.45) is 2.14. The molecule has 208 valence electrons. The first-order valence-corrected chi connectivity index (χ1v) is 14.2. The number of hydrogen-bond acceptors (Lipinski definition) is 6. The summed E-state index contributed by atoms with van der Waals surface area (Å²) < 4.78 is 0. The van der Waals surface area contributed by atoms with E-state index in [1.165, 1.54) is 0 Å². The van der Waals surface area contributed by atoms with Crippen molar-refractivity contribution in [3.05, 3.63) is 0 Å². The Morgan fingerprint density at radius 1 is 0.757 bits per heavy atom. The van der Waals surface area contributed by atoms with E-state index in [2.05, 4.69) is 0 Å². The van der Waals surface area contributed by atoms with Crippen molar-refractivity contribution in [2.45, 2.75) is 98.6 Å². The Morgan fingerprint density at radius 3 is 1.35 bits per heavy atom. The molecule has 2 saturated heterocycles. The maximum Gasteiger partial charge on any atom is 0.325 e. The minimum atomic E-state index is -0.565. The van der Waals surface area contributed by atoms with Crippen molar-refractivity contribution < 1.29 is 19.2 Å². The van der Waals surface area contributed by atoms with Gasteiger partial charge < -0.3 is 9.80 Å². The Hall–Kier alpha value is -1.94. The van der Waals surface area contributed by atoms with E-state index in [0.29, 0.717) is 68.3 Å². The first-order chi connectivity index (χ1) is 17.1. The smallest absolute Gasteiger partial charge is 0.318 e. The van der Waals surface area contributed by atoms with Gasteiger partial charge in [0.15, 0.2) is 0 Å². The van der Waals surface area contributed by atoms with Crippen LogP contribution in [0, 0.1) is 11.8 Å². The molecular formula is C27H44N4O4S2. The molecule has 2 aliphatic heterocycles. The van der Waals surface area contributed by atoms with Gasteiger partial charge in [0.2, 0.25) is 0 Å². The number of carbonyl (C=O) groups excluding carboxylic acids is 4. The summed E-state index contributed by atoms with van der Waals surface area (Å²) in [6.45, 7) is 17.5. The van der Waals surface area contributed by atoms with Crippen molar-refractivity contribution in [3.63, 3.8) is 0 Å². The molecule has 0 bridgehead atoms. The molecule has 2 atom stereocenters. The van der Waals surface area contributed by atoms with Gasteiger partial charge in [-0.1, -0.05) is 38.3 Å². The topological polar surface area (TPSA) is 81.2 Å². The van der Waals surface area contributed by atoms with E-state index in [1.54, 1.807) is 19.6 Å². The molecule has 2 rings (SSSR count). The van der Waals surface area contributed by atoms with Crippen molar-refractivity contribution in [1.29, 1.82) is 0 Å². The summed E-state index contributed by atoms with van der Waals surface area (Å²) in [5.41, 5.74) is -1.13. The van der Waals surface area contributed by atoms with Gasteiger partial charge in [-0.15, -0.1) is 0 Å². The molecule has 4 amide bonds. The summed E-state index contributed by atoms with van der Waals surface area (Å²) >= 11 is 10.9. The normalized spacial score (nSPS) is 18.8. The second-order valence-corrected chi connectivity index (χ2v) is 12.6. The molecule has 10 heteroatoms. The fraction of sp³-hybridized carbons (Fsp3) is 0.778. The molecule has 2 heterocycles. The molecular weight excluding hydrogens is 508 g/mol. The first kappa shape index (κ1) is 31.3. The number of likely N-dealkylation sites (N-methyl/N-ethyl adjacent to an activating group) is 2. The van der Waals surface area contributed by atoms with Crippen LogP contribution in [-0.4, -0.2) is 90.5 Å². The number of hydrogen-bond donors (Lipinski definition) is 0. The van der Waals surface area contributed by atoms with Crippen molar-refractivity contribution in [2.24, 2.45) is 11.8 Å². The lowest BCUT2D eigenvalue weighted by Crippen LogP contribution is -2.49. The largest absolute Gasteiger partial charge is 0.325 e. The average Bonchev–Trinajstić information content (AvgIpc) is 3.26. The monoisotopic (exact) mass is 552 g/mol. The van der Waals surface area contributed by atoms with Gasteiger partial charge in [-0.05, 0) is 60.8 Å². The van der Waals surface area contributed by atoms with Gasteiger partial charge in [-0.25, -0.2) is 9.59 Å². The van der Waals surface area contributed by atoms with Crippen LogP contribution in [0.5, 0.6) is 0 Å². The number of nitrogens with zero attached hydrogens (tertiary/aromatic N) is 4. The molecule has 0 aromatic rings. The van der Waals surface area contributed by atoms with Gasteiger partial charge in [-0.2, -0.15) is 0 Å².